The fraction of sp³-hybridized carbons (Fsp3) is 0.533. The maximum Gasteiger partial charge on any atom is 0.110 e. The van der Waals surface area contributed by atoms with Crippen LogP contribution in [0.25, 0.3) is 0 Å². The minimum absolute atomic E-state index is 0.207. The number of hydrogen-bond acceptors (Lipinski definition) is 5. The number of nitrogens with one attached hydrogen (secondary N) is 1. The number of aliphatic hydroxyl groups excluding tert-OH is 1. The van der Waals surface area contributed by atoms with Gasteiger partial charge in [0.1, 0.15) is 5.01 Å². The molecule has 3 nitrogen and oxygen atoms in total. The molecule has 2 heterocycles. The predicted molar refractivity (Wildman–Crippen MR) is 84.5 cm³/mol. The highest BCUT2D eigenvalue weighted by molar-refractivity contribution is 7.11. The number of nitrogens with zero attached hydrogens (tertiary/aromatic N) is 1. The Bertz CT molecular complexity index is 527. The maximum atomic E-state index is 10.1. The molecule has 2 N–H and O–H groups in total. The highest BCUT2D eigenvalue weighted by atomic mass is 32.1. The number of rotatable bonds is 5. The summed E-state index contributed by atoms with van der Waals surface area (Å²) < 4.78 is 0. The van der Waals surface area contributed by atoms with Gasteiger partial charge >= 0.3 is 0 Å². The van der Waals surface area contributed by atoms with Crippen LogP contribution in [0.1, 0.15) is 53.1 Å². The van der Waals surface area contributed by atoms with Crippen LogP contribution in [0.4, 0.5) is 0 Å². The Morgan fingerprint density at radius 2 is 2.25 bits per heavy atom. The van der Waals surface area contributed by atoms with E-state index < -0.39 is 6.10 Å². The van der Waals surface area contributed by atoms with Crippen LogP contribution in [0.3, 0.4) is 0 Å². The van der Waals surface area contributed by atoms with E-state index in [1.807, 2.05) is 28.2 Å². The summed E-state index contributed by atoms with van der Waals surface area (Å²) in [5.74, 6) is 0. The van der Waals surface area contributed by atoms with E-state index in [0.29, 0.717) is 6.54 Å². The van der Waals surface area contributed by atoms with Crippen molar-refractivity contribution in [2.75, 3.05) is 6.54 Å². The van der Waals surface area contributed by atoms with Crippen molar-refractivity contribution in [3.8, 4) is 0 Å². The molecule has 0 aliphatic heterocycles. The molecule has 0 aromatic carbocycles. The molecule has 20 heavy (non-hydrogen) atoms. The standard InChI is InChI=1S/C15H20N2OS2/c1-10(16-8-13(18)11-6-7-19-9-11)15-17-12-4-2-3-5-14(12)20-15/h6-7,9-10,13,16,18H,2-5,8H2,1H3. The molecule has 0 saturated carbocycles. The normalized spacial score (nSPS) is 17.7. The van der Waals surface area contributed by atoms with E-state index in [2.05, 4.69) is 12.2 Å². The highest BCUT2D eigenvalue weighted by Gasteiger charge is 2.19. The fourth-order valence-electron chi connectivity index (χ4n) is 2.52. The fourth-order valence-corrected chi connectivity index (χ4v) is 4.40. The van der Waals surface area contributed by atoms with Crippen LogP contribution in [-0.2, 0) is 12.8 Å². The van der Waals surface area contributed by atoms with Crippen LogP contribution >= 0.6 is 22.7 Å². The number of aromatic nitrogens is 1. The van der Waals surface area contributed by atoms with Gasteiger partial charge in [-0.25, -0.2) is 4.98 Å². The van der Waals surface area contributed by atoms with Crippen molar-refractivity contribution in [1.29, 1.82) is 0 Å². The van der Waals surface area contributed by atoms with E-state index in [4.69, 9.17) is 4.98 Å². The largest absolute Gasteiger partial charge is 0.387 e. The van der Waals surface area contributed by atoms with Crippen LogP contribution < -0.4 is 5.32 Å². The first-order valence-electron chi connectivity index (χ1n) is 7.16. The second-order valence-corrected chi connectivity index (χ2v) is 7.23. The van der Waals surface area contributed by atoms with Crippen molar-refractivity contribution in [3.05, 3.63) is 38.0 Å². The topological polar surface area (TPSA) is 45.1 Å². The number of aliphatic hydroxyl groups is 1. The van der Waals surface area contributed by atoms with E-state index in [1.165, 1.54) is 29.8 Å². The third kappa shape index (κ3) is 3.11. The summed E-state index contributed by atoms with van der Waals surface area (Å²) in [4.78, 5) is 6.24. The molecule has 0 fully saturated rings. The molecule has 3 rings (SSSR count). The molecule has 2 aromatic heterocycles. The Labute approximate surface area is 127 Å². The molecular weight excluding hydrogens is 288 g/mol. The zero-order valence-corrected chi connectivity index (χ0v) is 13.3. The lowest BCUT2D eigenvalue weighted by Crippen LogP contribution is -2.24. The summed E-state index contributed by atoms with van der Waals surface area (Å²) in [5.41, 5.74) is 2.30. The Balaban J connectivity index is 1.59. The summed E-state index contributed by atoms with van der Waals surface area (Å²) >= 11 is 3.46. The van der Waals surface area contributed by atoms with Crippen molar-refractivity contribution in [2.45, 2.75) is 44.8 Å². The van der Waals surface area contributed by atoms with Gasteiger partial charge in [-0.05, 0) is 55.0 Å². The van der Waals surface area contributed by atoms with E-state index in [1.54, 1.807) is 11.3 Å². The molecule has 2 atom stereocenters. The lowest BCUT2D eigenvalue weighted by molar-refractivity contribution is 0.171. The van der Waals surface area contributed by atoms with Gasteiger partial charge in [0.05, 0.1) is 17.8 Å². The smallest absolute Gasteiger partial charge is 0.110 e. The van der Waals surface area contributed by atoms with Gasteiger partial charge in [0, 0.05) is 11.4 Å². The molecule has 0 saturated heterocycles. The molecular formula is C15H20N2OS2. The number of aryl methyl sites for hydroxylation is 2. The molecule has 1 aliphatic rings. The summed E-state index contributed by atoms with van der Waals surface area (Å²) in [6.07, 6.45) is 4.47. The van der Waals surface area contributed by atoms with Gasteiger partial charge in [0.15, 0.2) is 0 Å². The van der Waals surface area contributed by atoms with Gasteiger partial charge in [-0.15, -0.1) is 11.3 Å². The Kier molecular flexibility index (Phi) is 4.51. The van der Waals surface area contributed by atoms with Crippen LogP contribution in [0.2, 0.25) is 0 Å². The highest BCUT2D eigenvalue weighted by Crippen LogP contribution is 2.29. The molecule has 5 heteroatoms. The summed E-state index contributed by atoms with van der Waals surface area (Å²) in [6.45, 7) is 2.70. The summed E-state index contributed by atoms with van der Waals surface area (Å²) in [5, 5.41) is 18.7. The van der Waals surface area contributed by atoms with Gasteiger partial charge in [0.25, 0.3) is 0 Å². The molecule has 0 bridgehead atoms. The van der Waals surface area contributed by atoms with E-state index in [-0.39, 0.29) is 6.04 Å². The van der Waals surface area contributed by atoms with Crippen LogP contribution in [0, 0.1) is 0 Å². The molecule has 0 spiro atoms. The first kappa shape index (κ1) is 14.2. The lowest BCUT2D eigenvalue weighted by Gasteiger charge is -2.14. The minimum atomic E-state index is -0.432. The van der Waals surface area contributed by atoms with Gasteiger partial charge in [-0.2, -0.15) is 11.3 Å². The average Bonchev–Trinajstić information content (AvgIpc) is 3.12. The Hall–Kier alpha value is -0.750. The third-order valence-electron chi connectivity index (χ3n) is 3.78. The number of fused-ring (bicyclic) bond motifs is 1. The van der Waals surface area contributed by atoms with E-state index in [0.717, 1.165) is 17.0 Å². The summed E-state index contributed by atoms with van der Waals surface area (Å²) in [6, 6.07) is 2.18. The Morgan fingerprint density at radius 3 is 3.00 bits per heavy atom. The molecule has 2 unspecified atom stereocenters. The SMILES string of the molecule is CC(NCC(O)c1ccsc1)c1nc2c(s1)CCCC2. The van der Waals surface area contributed by atoms with Crippen molar-refractivity contribution >= 4 is 22.7 Å². The van der Waals surface area contributed by atoms with Gasteiger partial charge in [0.2, 0.25) is 0 Å². The molecule has 0 amide bonds. The van der Waals surface area contributed by atoms with E-state index in [9.17, 15) is 5.11 Å². The van der Waals surface area contributed by atoms with Crippen molar-refractivity contribution in [3.63, 3.8) is 0 Å². The van der Waals surface area contributed by atoms with Crippen LogP contribution in [0.5, 0.6) is 0 Å². The number of hydrogen-bond donors (Lipinski definition) is 2. The molecule has 108 valence electrons. The monoisotopic (exact) mass is 308 g/mol. The zero-order chi connectivity index (χ0) is 13.9. The third-order valence-corrected chi connectivity index (χ3v) is 5.82. The van der Waals surface area contributed by atoms with Gasteiger partial charge in [-0.3, -0.25) is 0 Å². The van der Waals surface area contributed by atoms with Crippen molar-refractivity contribution in [1.82, 2.24) is 10.3 Å². The first-order valence-corrected chi connectivity index (χ1v) is 8.92. The van der Waals surface area contributed by atoms with E-state index >= 15 is 0 Å². The minimum Gasteiger partial charge on any atom is -0.387 e. The van der Waals surface area contributed by atoms with Crippen molar-refractivity contribution in [2.24, 2.45) is 0 Å². The molecule has 1 aliphatic carbocycles. The Morgan fingerprint density at radius 1 is 1.40 bits per heavy atom. The number of thiazole rings is 1. The van der Waals surface area contributed by atoms with Crippen LogP contribution in [0.15, 0.2) is 16.8 Å². The molecule has 2 aromatic rings. The summed E-state index contributed by atoms with van der Waals surface area (Å²) in [7, 11) is 0. The predicted octanol–water partition coefficient (Wildman–Crippen LogP) is 3.47. The molecule has 0 radical (unpaired) electrons. The lowest BCUT2D eigenvalue weighted by atomic mass is 10.0. The second kappa shape index (κ2) is 6.35. The maximum absolute atomic E-state index is 10.1. The first-order chi connectivity index (χ1) is 9.74. The van der Waals surface area contributed by atoms with Crippen LogP contribution in [-0.4, -0.2) is 16.6 Å². The number of thiophene rings is 1. The second-order valence-electron chi connectivity index (χ2n) is 5.33. The van der Waals surface area contributed by atoms with Gasteiger partial charge < -0.3 is 10.4 Å². The zero-order valence-electron chi connectivity index (χ0n) is 11.6. The average molecular weight is 308 g/mol. The van der Waals surface area contributed by atoms with Crippen molar-refractivity contribution < 1.29 is 5.11 Å². The quantitative estimate of drug-likeness (QED) is 0.889. The van der Waals surface area contributed by atoms with Gasteiger partial charge in [-0.1, -0.05) is 0 Å².